The first-order valence-electron chi connectivity index (χ1n) is 6.20. The second kappa shape index (κ2) is 4.70. The van der Waals surface area contributed by atoms with Crippen LogP contribution in [0.4, 0.5) is 5.69 Å². The van der Waals surface area contributed by atoms with E-state index in [0.29, 0.717) is 28.0 Å². The van der Waals surface area contributed by atoms with Crippen LogP contribution in [0.1, 0.15) is 0 Å². The molecular formula is C15H13N3O2. The Bertz CT molecular complexity index is 840. The van der Waals surface area contributed by atoms with Crippen LogP contribution in [0.3, 0.4) is 0 Å². The maximum atomic E-state index is 12.1. The molecule has 1 heterocycles. The van der Waals surface area contributed by atoms with Crippen LogP contribution in [0.25, 0.3) is 22.3 Å². The van der Waals surface area contributed by atoms with Crippen molar-refractivity contribution in [2.45, 2.75) is 0 Å². The molecule has 2 aromatic carbocycles. The van der Waals surface area contributed by atoms with Crippen LogP contribution in [0.2, 0.25) is 0 Å². The van der Waals surface area contributed by atoms with Gasteiger partial charge in [-0.1, -0.05) is 18.2 Å². The number of nitrogens with one attached hydrogen (secondary N) is 2. The summed E-state index contributed by atoms with van der Waals surface area (Å²) in [5, 5.41) is 13.5. The van der Waals surface area contributed by atoms with Crippen LogP contribution in [0.15, 0.2) is 47.3 Å². The van der Waals surface area contributed by atoms with Gasteiger partial charge in [0.15, 0.2) is 0 Å². The largest absolute Gasteiger partial charge is 0.507 e. The maximum absolute atomic E-state index is 12.1. The van der Waals surface area contributed by atoms with Gasteiger partial charge in [0.05, 0.1) is 16.5 Å². The fraction of sp³-hybridized carbons (Fsp3) is 0.0667. The molecule has 5 nitrogen and oxygen atoms in total. The van der Waals surface area contributed by atoms with E-state index in [1.807, 2.05) is 12.1 Å². The number of phenols is 1. The molecule has 0 aliphatic heterocycles. The highest BCUT2D eigenvalue weighted by atomic mass is 16.3. The van der Waals surface area contributed by atoms with Gasteiger partial charge in [-0.15, -0.1) is 0 Å². The molecular weight excluding hydrogens is 254 g/mol. The summed E-state index contributed by atoms with van der Waals surface area (Å²) in [5.41, 5.74) is 1.55. The Labute approximate surface area is 114 Å². The topological polar surface area (TPSA) is 78.0 Å². The monoisotopic (exact) mass is 267 g/mol. The van der Waals surface area contributed by atoms with Gasteiger partial charge in [0, 0.05) is 12.7 Å². The number of hydrogen-bond donors (Lipinski definition) is 3. The Morgan fingerprint density at radius 1 is 1.15 bits per heavy atom. The SMILES string of the molecule is CNc1cccc(O)c1-c1nc2ccccc2c(=O)[nH]1. The molecule has 0 bridgehead atoms. The number of benzene rings is 2. The molecule has 3 aromatic rings. The molecule has 0 spiro atoms. The van der Waals surface area contributed by atoms with Gasteiger partial charge in [-0.25, -0.2) is 4.98 Å². The number of anilines is 1. The van der Waals surface area contributed by atoms with Gasteiger partial charge < -0.3 is 15.4 Å². The minimum atomic E-state index is -0.226. The molecule has 0 aliphatic rings. The van der Waals surface area contributed by atoms with Crippen molar-refractivity contribution in [2.75, 3.05) is 12.4 Å². The van der Waals surface area contributed by atoms with Crippen molar-refractivity contribution in [3.05, 3.63) is 52.8 Å². The quantitative estimate of drug-likeness (QED) is 0.666. The summed E-state index contributed by atoms with van der Waals surface area (Å²) in [6, 6.07) is 12.2. The Hall–Kier alpha value is -2.82. The fourth-order valence-corrected chi connectivity index (χ4v) is 2.20. The van der Waals surface area contributed by atoms with E-state index in [2.05, 4.69) is 15.3 Å². The summed E-state index contributed by atoms with van der Waals surface area (Å²) in [5.74, 6) is 0.409. The van der Waals surface area contributed by atoms with E-state index in [0.717, 1.165) is 0 Å². The molecule has 0 fully saturated rings. The zero-order valence-electron chi connectivity index (χ0n) is 10.8. The van der Waals surface area contributed by atoms with Crippen LogP contribution < -0.4 is 10.9 Å². The smallest absolute Gasteiger partial charge is 0.259 e. The van der Waals surface area contributed by atoms with E-state index in [4.69, 9.17) is 0 Å². The average Bonchev–Trinajstić information content (AvgIpc) is 2.46. The third-order valence-corrected chi connectivity index (χ3v) is 3.16. The maximum Gasteiger partial charge on any atom is 0.259 e. The number of hydrogen-bond acceptors (Lipinski definition) is 4. The standard InChI is InChI=1S/C15H13N3O2/c1-16-11-7-4-8-12(19)13(11)14-17-10-6-3-2-5-9(10)15(20)18-14/h2-8,16,19H,1H3,(H,17,18,20). The summed E-state index contributed by atoms with van der Waals surface area (Å²) in [7, 11) is 1.75. The number of H-pyrrole nitrogens is 1. The Morgan fingerprint density at radius 2 is 1.95 bits per heavy atom. The molecule has 0 unspecified atom stereocenters. The van der Waals surface area contributed by atoms with Gasteiger partial charge in [-0.2, -0.15) is 0 Å². The van der Waals surface area contributed by atoms with Crippen molar-refractivity contribution in [2.24, 2.45) is 0 Å². The van der Waals surface area contributed by atoms with E-state index in [1.54, 1.807) is 37.4 Å². The van der Waals surface area contributed by atoms with Crippen LogP contribution in [0, 0.1) is 0 Å². The fourth-order valence-electron chi connectivity index (χ4n) is 2.20. The molecule has 20 heavy (non-hydrogen) atoms. The molecule has 0 atom stereocenters. The molecule has 100 valence electrons. The first-order valence-corrected chi connectivity index (χ1v) is 6.20. The first kappa shape index (κ1) is 12.2. The van der Waals surface area contributed by atoms with E-state index >= 15 is 0 Å². The van der Waals surface area contributed by atoms with Crippen molar-refractivity contribution in [1.29, 1.82) is 0 Å². The van der Waals surface area contributed by atoms with Gasteiger partial charge in [0.1, 0.15) is 11.6 Å². The van der Waals surface area contributed by atoms with Crippen LogP contribution >= 0.6 is 0 Å². The zero-order valence-corrected chi connectivity index (χ0v) is 10.8. The van der Waals surface area contributed by atoms with Crippen molar-refractivity contribution < 1.29 is 5.11 Å². The highest BCUT2D eigenvalue weighted by Gasteiger charge is 2.13. The van der Waals surface area contributed by atoms with E-state index in [1.165, 1.54) is 0 Å². The lowest BCUT2D eigenvalue weighted by Crippen LogP contribution is -2.10. The van der Waals surface area contributed by atoms with Crippen molar-refractivity contribution >= 4 is 16.6 Å². The zero-order chi connectivity index (χ0) is 14.1. The first-order chi connectivity index (χ1) is 9.70. The molecule has 0 amide bonds. The van der Waals surface area contributed by atoms with Crippen molar-refractivity contribution in [1.82, 2.24) is 9.97 Å². The summed E-state index contributed by atoms with van der Waals surface area (Å²) in [6.45, 7) is 0. The lowest BCUT2D eigenvalue weighted by Gasteiger charge is -2.10. The number of phenolic OH excluding ortho intramolecular Hbond substituents is 1. The Kier molecular flexibility index (Phi) is 2.87. The van der Waals surface area contributed by atoms with Gasteiger partial charge in [0.2, 0.25) is 0 Å². The van der Waals surface area contributed by atoms with E-state index in [9.17, 15) is 9.90 Å². The molecule has 0 radical (unpaired) electrons. The highest BCUT2D eigenvalue weighted by molar-refractivity contribution is 5.84. The molecule has 0 saturated heterocycles. The normalized spacial score (nSPS) is 10.7. The number of rotatable bonds is 2. The summed E-state index contributed by atoms with van der Waals surface area (Å²) < 4.78 is 0. The van der Waals surface area contributed by atoms with Gasteiger partial charge in [0.25, 0.3) is 5.56 Å². The molecule has 1 aromatic heterocycles. The van der Waals surface area contributed by atoms with Gasteiger partial charge in [-0.05, 0) is 24.3 Å². The summed E-state index contributed by atoms with van der Waals surface area (Å²) >= 11 is 0. The molecule has 0 aliphatic carbocycles. The summed E-state index contributed by atoms with van der Waals surface area (Å²) in [6.07, 6.45) is 0. The Balaban J connectivity index is 2.33. The highest BCUT2D eigenvalue weighted by Crippen LogP contribution is 2.33. The summed E-state index contributed by atoms with van der Waals surface area (Å²) in [4.78, 5) is 19.2. The van der Waals surface area contributed by atoms with Crippen molar-refractivity contribution in [3.63, 3.8) is 0 Å². The Morgan fingerprint density at radius 3 is 2.75 bits per heavy atom. The molecule has 5 heteroatoms. The lowest BCUT2D eigenvalue weighted by molar-refractivity contribution is 0.477. The second-order valence-electron chi connectivity index (χ2n) is 4.38. The number of aromatic amines is 1. The third-order valence-electron chi connectivity index (χ3n) is 3.16. The number of fused-ring (bicyclic) bond motifs is 1. The minimum absolute atomic E-state index is 0.0651. The second-order valence-corrected chi connectivity index (χ2v) is 4.38. The average molecular weight is 267 g/mol. The van der Waals surface area contributed by atoms with Gasteiger partial charge in [-0.3, -0.25) is 4.79 Å². The number of para-hydroxylation sites is 1. The van der Waals surface area contributed by atoms with E-state index in [-0.39, 0.29) is 11.3 Å². The lowest BCUT2D eigenvalue weighted by atomic mass is 10.1. The third kappa shape index (κ3) is 1.89. The van der Waals surface area contributed by atoms with Gasteiger partial charge >= 0.3 is 0 Å². The van der Waals surface area contributed by atoms with Crippen molar-refractivity contribution in [3.8, 4) is 17.1 Å². The minimum Gasteiger partial charge on any atom is -0.507 e. The number of nitrogens with zero attached hydrogens (tertiary/aromatic N) is 1. The van der Waals surface area contributed by atoms with Crippen LogP contribution in [-0.2, 0) is 0 Å². The van der Waals surface area contributed by atoms with Crippen LogP contribution in [-0.4, -0.2) is 22.1 Å². The van der Waals surface area contributed by atoms with Crippen LogP contribution in [0.5, 0.6) is 5.75 Å². The molecule has 0 saturated carbocycles. The predicted octanol–water partition coefficient (Wildman–Crippen LogP) is 2.34. The molecule has 3 N–H and O–H groups in total. The number of aromatic nitrogens is 2. The molecule has 3 rings (SSSR count). The van der Waals surface area contributed by atoms with E-state index < -0.39 is 0 Å². The number of aromatic hydroxyl groups is 1. The predicted molar refractivity (Wildman–Crippen MR) is 79.0 cm³/mol.